The van der Waals surface area contributed by atoms with Gasteiger partial charge in [0.15, 0.2) is 0 Å². The molecule has 0 saturated heterocycles. The first-order valence-corrected chi connectivity index (χ1v) is 5.56. The SMILES string of the molecule is C=C(S)N/N=C(C)/C(=C/C=C\C)CCC. The third-order valence-corrected chi connectivity index (χ3v) is 1.93. The molecule has 0 heterocycles. The lowest BCUT2D eigenvalue weighted by Crippen LogP contribution is -2.06. The van der Waals surface area contributed by atoms with Gasteiger partial charge in [-0.25, -0.2) is 0 Å². The zero-order valence-electron chi connectivity index (χ0n) is 9.75. The minimum absolute atomic E-state index is 0.552. The summed E-state index contributed by atoms with van der Waals surface area (Å²) in [4.78, 5) is 0. The van der Waals surface area contributed by atoms with Crippen LogP contribution in [0.3, 0.4) is 0 Å². The third kappa shape index (κ3) is 7.03. The summed E-state index contributed by atoms with van der Waals surface area (Å²) >= 11 is 4.02. The van der Waals surface area contributed by atoms with Crippen LogP contribution in [0.25, 0.3) is 0 Å². The van der Waals surface area contributed by atoms with Gasteiger partial charge in [-0.3, -0.25) is 5.43 Å². The van der Waals surface area contributed by atoms with Crippen LogP contribution in [0.1, 0.15) is 33.6 Å². The van der Waals surface area contributed by atoms with Gasteiger partial charge in [-0.1, -0.05) is 38.2 Å². The summed E-state index contributed by atoms with van der Waals surface area (Å²) in [5.41, 5.74) is 4.96. The van der Waals surface area contributed by atoms with Crippen molar-refractivity contribution in [2.45, 2.75) is 33.6 Å². The molecule has 1 N–H and O–H groups in total. The summed E-state index contributed by atoms with van der Waals surface area (Å²) in [7, 11) is 0. The van der Waals surface area contributed by atoms with Gasteiger partial charge in [0.25, 0.3) is 0 Å². The molecule has 0 aliphatic heterocycles. The molecule has 2 nitrogen and oxygen atoms in total. The number of hydrogen-bond donors (Lipinski definition) is 2. The zero-order chi connectivity index (χ0) is 11.7. The number of nitrogens with zero attached hydrogens (tertiary/aromatic N) is 1. The molecule has 0 bridgehead atoms. The van der Waals surface area contributed by atoms with Gasteiger partial charge in [0.2, 0.25) is 0 Å². The molecule has 0 unspecified atom stereocenters. The summed E-state index contributed by atoms with van der Waals surface area (Å²) in [5.74, 6) is 0. The fourth-order valence-electron chi connectivity index (χ4n) is 1.09. The molecule has 0 aliphatic rings. The molecule has 0 aliphatic carbocycles. The number of rotatable bonds is 6. The molecular weight excluding hydrogens is 204 g/mol. The molecule has 15 heavy (non-hydrogen) atoms. The Labute approximate surface area is 98.3 Å². The second-order valence-corrected chi connectivity index (χ2v) is 3.76. The van der Waals surface area contributed by atoms with E-state index < -0.39 is 0 Å². The largest absolute Gasteiger partial charge is 0.273 e. The van der Waals surface area contributed by atoms with Crippen molar-refractivity contribution in [2.75, 3.05) is 0 Å². The van der Waals surface area contributed by atoms with Crippen LogP contribution in [0.2, 0.25) is 0 Å². The Balaban J connectivity index is 4.60. The van der Waals surface area contributed by atoms with E-state index in [2.05, 4.69) is 42.7 Å². The molecule has 0 amide bonds. The second kappa shape index (κ2) is 8.36. The molecule has 0 atom stereocenters. The maximum absolute atomic E-state index is 4.18. The van der Waals surface area contributed by atoms with Crippen LogP contribution in [0.15, 0.2) is 40.5 Å². The molecule has 0 aromatic heterocycles. The van der Waals surface area contributed by atoms with Gasteiger partial charge in [-0.05, 0) is 25.8 Å². The lowest BCUT2D eigenvalue weighted by Gasteiger charge is -2.05. The molecule has 0 spiro atoms. The van der Waals surface area contributed by atoms with Crippen molar-refractivity contribution < 1.29 is 0 Å². The highest BCUT2D eigenvalue weighted by Crippen LogP contribution is 2.08. The van der Waals surface area contributed by atoms with Crippen molar-refractivity contribution in [3.8, 4) is 0 Å². The normalized spacial score (nSPS) is 13.3. The van der Waals surface area contributed by atoms with Crippen molar-refractivity contribution in [1.82, 2.24) is 5.43 Å². The van der Waals surface area contributed by atoms with Gasteiger partial charge in [0.05, 0.1) is 10.7 Å². The Morgan fingerprint density at radius 1 is 1.53 bits per heavy atom. The Morgan fingerprint density at radius 3 is 2.67 bits per heavy atom. The first kappa shape index (κ1) is 14.0. The predicted octanol–water partition coefficient (Wildman–Crippen LogP) is 3.66. The summed E-state index contributed by atoms with van der Waals surface area (Å²) in [6.45, 7) is 9.74. The third-order valence-electron chi connectivity index (χ3n) is 1.83. The molecule has 0 saturated carbocycles. The average Bonchev–Trinajstić information content (AvgIpc) is 2.20. The first-order valence-electron chi connectivity index (χ1n) is 5.12. The highest BCUT2D eigenvalue weighted by atomic mass is 32.1. The number of hydrazone groups is 1. The van der Waals surface area contributed by atoms with Crippen molar-refractivity contribution in [1.29, 1.82) is 0 Å². The standard InChI is InChI=1S/C12H20N2S/c1-5-7-9-12(8-6-2)10(3)13-14-11(4)15/h5,7,9,14-15H,4,6,8H2,1-3H3/b7-5-,12-9+,13-10+. The molecular formula is C12H20N2S. The summed E-state index contributed by atoms with van der Waals surface area (Å²) in [6, 6.07) is 0. The highest BCUT2D eigenvalue weighted by molar-refractivity contribution is 7.84. The van der Waals surface area contributed by atoms with E-state index in [0.29, 0.717) is 5.03 Å². The quantitative estimate of drug-likeness (QED) is 0.306. The maximum atomic E-state index is 4.18. The highest BCUT2D eigenvalue weighted by Gasteiger charge is 1.99. The van der Waals surface area contributed by atoms with Crippen molar-refractivity contribution in [3.63, 3.8) is 0 Å². The van der Waals surface area contributed by atoms with Gasteiger partial charge in [-0.15, -0.1) is 12.6 Å². The number of hydrogen-bond acceptors (Lipinski definition) is 3. The lowest BCUT2D eigenvalue weighted by atomic mass is 10.1. The fraction of sp³-hybridized carbons (Fsp3) is 0.417. The zero-order valence-corrected chi connectivity index (χ0v) is 10.6. The van der Waals surface area contributed by atoms with Gasteiger partial charge in [-0.2, -0.15) is 5.10 Å². The van der Waals surface area contributed by atoms with Crippen LogP contribution in [-0.2, 0) is 0 Å². The molecule has 0 fully saturated rings. The van der Waals surface area contributed by atoms with E-state index in [1.807, 2.05) is 26.0 Å². The van der Waals surface area contributed by atoms with E-state index in [1.165, 1.54) is 5.57 Å². The van der Waals surface area contributed by atoms with Crippen LogP contribution < -0.4 is 5.43 Å². The number of thiol groups is 1. The van der Waals surface area contributed by atoms with E-state index in [4.69, 9.17) is 0 Å². The Hall–Kier alpha value is -0.960. The lowest BCUT2D eigenvalue weighted by molar-refractivity contribution is 0.912. The first-order chi connectivity index (χ1) is 7.11. The maximum Gasteiger partial charge on any atom is 0.0789 e. The van der Waals surface area contributed by atoms with Gasteiger partial charge >= 0.3 is 0 Å². The van der Waals surface area contributed by atoms with E-state index in [9.17, 15) is 0 Å². The van der Waals surface area contributed by atoms with Gasteiger partial charge in [0, 0.05) is 0 Å². The monoisotopic (exact) mass is 224 g/mol. The predicted molar refractivity (Wildman–Crippen MR) is 72.2 cm³/mol. The van der Waals surface area contributed by atoms with Gasteiger partial charge in [0.1, 0.15) is 0 Å². The van der Waals surface area contributed by atoms with E-state index in [0.717, 1.165) is 18.6 Å². The van der Waals surface area contributed by atoms with Crippen molar-refractivity contribution in [2.24, 2.45) is 5.10 Å². The van der Waals surface area contributed by atoms with Crippen LogP contribution in [0.5, 0.6) is 0 Å². The van der Waals surface area contributed by atoms with Crippen LogP contribution >= 0.6 is 12.6 Å². The smallest absolute Gasteiger partial charge is 0.0789 e. The van der Waals surface area contributed by atoms with E-state index in [-0.39, 0.29) is 0 Å². The Morgan fingerprint density at radius 2 is 2.20 bits per heavy atom. The molecule has 0 aromatic carbocycles. The van der Waals surface area contributed by atoms with Crippen LogP contribution in [0.4, 0.5) is 0 Å². The summed E-state index contributed by atoms with van der Waals surface area (Å²) < 4.78 is 0. The minimum Gasteiger partial charge on any atom is -0.273 e. The second-order valence-electron chi connectivity index (χ2n) is 3.22. The molecule has 0 aromatic rings. The molecule has 0 rings (SSSR count). The van der Waals surface area contributed by atoms with Gasteiger partial charge < -0.3 is 0 Å². The topological polar surface area (TPSA) is 24.4 Å². The van der Waals surface area contributed by atoms with E-state index in [1.54, 1.807) is 0 Å². The minimum atomic E-state index is 0.552. The van der Waals surface area contributed by atoms with Crippen molar-refractivity contribution in [3.05, 3.63) is 35.4 Å². The molecule has 84 valence electrons. The summed E-state index contributed by atoms with van der Waals surface area (Å²) in [5, 5.41) is 4.74. The van der Waals surface area contributed by atoms with Crippen molar-refractivity contribution >= 4 is 18.3 Å². The molecule has 3 heteroatoms. The van der Waals surface area contributed by atoms with Crippen LogP contribution in [0, 0.1) is 0 Å². The Bertz CT molecular complexity index is 288. The fourth-order valence-corrected chi connectivity index (χ4v) is 1.14. The molecule has 0 radical (unpaired) electrons. The van der Waals surface area contributed by atoms with Crippen LogP contribution in [-0.4, -0.2) is 5.71 Å². The number of allylic oxidation sites excluding steroid dienone is 4. The Kier molecular flexibility index (Phi) is 7.82. The average molecular weight is 224 g/mol. The van der Waals surface area contributed by atoms with E-state index >= 15 is 0 Å². The number of nitrogens with one attached hydrogen (secondary N) is 1. The summed E-state index contributed by atoms with van der Waals surface area (Å²) in [6.07, 6.45) is 8.26.